The van der Waals surface area contributed by atoms with Crippen molar-refractivity contribution in [3.05, 3.63) is 57.7 Å². The molecule has 0 saturated heterocycles. The maximum Gasteiger partial charge on any atom is 0.354 e. The fourth-order valence-electron chi connectivity index (χ4n) is 1.64. The number of halogens is 1. The molecule has 0 saturated carbocycles. The summed E-state index contributed by atoms with van der Waals surface area (Å²) in [6.07, 6.45) is 1.20. The minimum absolute atomic E-state index is 0.0644. The molecule has 21 heavy (non-hydrogen) atoms. The Morgan fingerprint density at radius 3 is 2.76 bits per heavy atom. The second-order valence-electron chi connectivity index (χ2n) is 4.11. The molecule has 0 radical (unpaired) electrons. The van der Waals surface area contributed by atoms with Gasteiger partial charge in [0.15, 0.2) is 17.3 Å². The summed E-state index contributed by atoms with van der Waals surface area (Å²) >= 11 is 0. The fraction of sp³-hybridized carbons (Fsp3) is 0.0769. The number of ether oxygens (including phenoxy) is 1. The molecule has 0 aliphatic rings. The monoisotopic (exact) mass is 292 g/mol. The maximum atomic E-state index is 13.8. The van der Waals surface area contributed by atoms with Crippen LogP contribution in [0.15, 0.2) is 30.5 Å². The summed E-state index contributed by atoms with van der Waals surface area (Å²) in [5.74, 6) is -2.34. The van der Waals surface area contributed by atoms with Gasteiger partial charge in [-0.25, -0.2) is 14.2 Å². The Bertz CT molecular complexity index is 732. The number of pyridine rings is 1. The molecule has 1 aromatic carbocycles. The van der Waals surface area contributed by atoms with Crippen molar-refractivity contribution in [2.24, 2.45) is 0 Å². The summed E-state index contributed by atoms with van der Waals surface area (Å²) in [5.41, 5.74) is -0.392. The number of aromatic carboxylic acids is 1. The molecule has 2 rings (SSSR count). The van der Waals surface area contributed by atoms with Crippen LogP contribution < -0.4 is 4.74 Å². The van der Waals surface area contributed by atoms with E-state index in [1.54, 1.807) is 0 Å². The Labute approximate surface area is 117 Å². The number of carbonyl (C=O) groups is 1. The van der Waals surface area contributed by atoms with Gasteiger partial charge in [-0.1, -0.05) is 0 Å². The minimum Gasteiger partial charge on any atom is -0.477 e. The standard InChI is InChI=1S/C13H9FN2O5/c1-7-4-12(9(14)6-11(7)16(19)20)21-8-2-3-15-10(5-8)13(17)18/h2-6H,1H3,(H,17,18). The fourth-order valence-corrected chi connectivity index (χ4v) is 1.64. The zero-order chi connectivity index (χ0) is 15.6. The van der Waals surface area contributed by atoms with Crippen LogP contribution in [0.1, 0.15) is 16.1 Å². The van der Waals surface area contributed by atoms with Gasteiger partial charge in [0.1, 0.15) is 5.75 Å². The number of hydrogen-bond acceptors (Lipinski definition) is 5. The number of aromatic nitrogens is 1. The summed E-state index contributed by atoms with van der Waals surface area (Å²) in [4.78, 5) is 24.4. The Balaban J connectivity index is 2.36. The molecule has 0 amide bonds. The molecular weight excluding hydrogens is 283 g/mol. The molecule has 0 fully saturated rings. The molecule has 2 aromatic rings. The lowest BCUT2D eigenvalue weighted by Crippen LogP contribution is -2.00. The number of carboxylic acids is 1. The maximum absolute atomic E-state index is 13.8. The molecule has 0 spiro atoms. The summed E-state index contributed by atoms with van der Waals surface area (Å²) in [7, 11) is 0. The van der Waals surface area contributed by atoms with Gasteiger partial charge in [0.05, 0.1) is 11.0 Å². The van der Waals surface area contributed by atoms with Gasteiger partial charge >= 0.3 is 5.97 Å². The molecule has 1 N–H and O–H groups in total. The Morgan fingerprint density at radius 1 is 1.43 bits per heavy atom. The van der Waals surface area contributed by atoms with Crippen LogP contribution >= 0.6 is 0 Å². The highest BCUT2D eigenvalue weighted by molar-refractivity contribution is 5.85. The number of benzene rings is 1. The van der Waals surface area contributed by atoms with Crippen LogP contribution in [0.2, 0.25) is 0 Å². The minimum atomic E-state index is -1.25. The van der Waals surface area contributed by atoms with Gasteiger partial charge in [0.25, 0.3) is 5.69 Å². The van der Waals surface area contributed by atoms with E-state index in [0.717, 1.165) is 12.1 Å². The number of carboxylic acid groups (broad SMARTS) is 1. The predicted octanol–water partition coefficient (Wildman–Crippen LogP) is 2.93. The Kier molecular flexibility index (Phi) is 3.79. The third-order valence-electron chi connectivity index (χ3n) is 2.63. The molecule has 0 unspecified atom stereocenters. The number of hydrogen-bond donors (Lipinski definition) is 1. The highest BCUT2D eigenvalue weighted by Crippen LogP contribution is 2.30. The van der Waals surface area contributed by atoms with Crippen molar-refractivity contribution in [1.82, 2.24) is 4.98 Å². The lowest BCUT2D eigenvalue weighted by atomic mass is 10.2. The molecule has 0 aliphatic heterocycles. The normalized spacial score (nSPS) is 10.2. The average Bonchev–Trinajstić information content (AvgIpc) is 2.42. The van der Waals surface area contributed by atoms with Crippen molar-refractivity contribution in [2.75, 3.05) is 0 Å². The van der Waals surface area contributed by atoms with Crippen LogP contribution in [0.25, 0.3) is 0 Å². The first-order chi connectivity index (χ1) is 9.88. The Morgan fingerprint density at radius 2 is 2.14 bits per heavy atom. The van der Waals surface area contributed by atoms with Gasteiger partial charge in [-0.2, -0.15) is 0 Å². The first-order valence-electron chi connectivity index (χ1n) is 5.70. The molecule has 8 heteroatoms. The van der Waals surface area contributed by atoms with E-state index in [2.05, 4.69) is 4.98 Å². The van der Waals surface area contributed by atoms with E-state index in [0.29, 0.717) is 0 Å². The second kappa shape index (κ2) is 5.53. The van der Waals surface area contributed by atoms with Gasteiger partial charge in [-0.3, -0.25) is 10.1 Å². The van der Waals surface area contributed by atoms with E-state index < -0.39 is 16.7 Å². The molecule has 7 nitrogen and oxygen atoms in total. The summed E-state index contributed by atoms with van der Waals surface area (Å²) in [6.45, 7) is 1.44. The third-order valence-corrected chi connectivity index (χ3v) is 2.63. The first-order valence-corrected chi connectivity index (χ1v) is 5.70. The van der Waals surface area contributed by atoms with Gasteiger partial charge in [-0.05, 0) is 19.1 Å². The molecule has 0 bridgehead atoms. The number of nitro groups is 1. The third kappa shape index (κ3) is 3.11. The molecule has 1 aromatic heterocycles. The number of aryl methyl sites for hydroxylation is 1. The Hall–Kier alpha value is -3.03. The van der Waals surface area contributed by atoms with Crippen molar-refractivity contribution >= 4 is 11.7 Å². The van der Waals surface area contributed by atoms with Crippen molar-refractivity contribution in [3.63, 3.8) is 0 Å². The molecule has 0 aliphatic carbocycles. The van der Waals surface area contributed by atoms with Crippen LogP contribution in [0.3, 0.4) is 0 Å². The summed E-state index contributed by atoms with van der Waals surface area (Å²) < 4.78 is 19.0. The van der Waals surface area contributed by atoms with Gasteiger partial charge < -0.3 is 9.84 Å². The van der Waals surface area contributed by atoms with Crippen molar-refractivity contribution in [3.8, 4) is 11.5 Å². The predicted molar refractivity (Wildman–Crippen MR) is 69.1 cm³/mol. The van der Waals surface area contributed by atoms with Crippen molar-refractivity contribution in [1.29, 1.82) is 0 Å². The molecule has 0 atom stereocenters. The van der Waals surface area contributed by atoms with E-state index >= 15 is 0 Å². The van der Waals surface area contributed by atoms with E-state index in [1.807, 2.05) is 0 Å². The highest BCUT2D eigenvalue weighted by atomic mass is 19.1. The van der Waals surface area contributed by atoms with Crippen LogP contribution in [0.5, 0.6) is 11.5 Å². The van der Waals surface area contributed by atoms with Crippen molar-refractivity contribution in [2.45, 2.75) is 6.92 Å². The number of rotatable bonds is 4. The van der Waals surface area contributed by atoms with Crippen LogP contribution in [-0.2, 0) is 0 Å². The lowest BCUT2D eigenvalue weighted by molar-refractivity contribution is -0.385. The largest absolute Gasteiger partial charge is 0.477 e. The quantitative estimate of drug-likeness (QED) is 0.686. The highest BCUT2D eigenvalue weighted by Gasteiger charge is 2.17. The van der Waals surface area contributed by atoms with E-state index in [1.165, 1.54) is 25.3 Å². The van der Waals surface area contributed by atoms with E-state index in [-0.39, 0.29) is 28.4 Å². The zero-order valence-corrected chi connectivity index (χ0v) is 10.7. The lowest BCUT2D eigenvalue weighted by Gasteiger charge is -2.08. The van der Waals surface area contributed by atoms with Crippen LogP contribution in [0, 0.1) is 22.9 Å². The SMILES string of the molecule is Cc1cc(Oc2ccnc(C(=O)O)c2)c(F)cc1[N+](=O)[O-]. The van der Waals surface area contributed by atoms with E-state index in [4.69, 9.17) is 9.84 Å². The van der Waals surface area contributed by atoms with Gasteiger partial charge in [0.2, 0.25) is 0 Å². The molecule has 1 heterocycles. The van der Waals surface area contributed by atoms with Crippen LogP contribution in [-0.4, -0.2) is 21.0 Å². The van der Waals surface area contributed by atoms with Crippen LogP contribution in [0.4, 0.5) is 10.1 Å². The summed E-state index contributed by atoms with van der Waals surface area (Å²) in [6, 6.07) is 4.40. The molecular formula is C13H9FN2O5. The number of nitro benzene ring substituents is 1. The first kappa shape index (κ1) is 14.4. The smallest absolute Gasteiger partial charge is 0.354 e. The van der Waals surface area contributed by atoms with Gasteiger partial charge in [-0.15, -0.1) is 0 Å². The topological polar surface area (TPSA) is 103 Å². The zero-order valence-electron chi connectivity index (χ0n) is 10.7. The molecule has 108 valence electrons. The average molecular weight is 292 g/mol. The van der Waals surface area contributed by atoms with Gasteiger partial charge in [0, 0.05) is 17.8 Å². The second-order valence-corrected chi connectivity index (χ2v) is 4.11. The van der Waals surface area contributed by atoms with E-state index in [9.17, 15) is 19.3 Å². The van der Waals surface area contributed by atoms with Crippen molar-refractivity contribution < 1.29 is 24.0 Å². The summed E-state index contributed by atoms with van der Waals surface area (Å²) in [5, 5.41) is 19.5. The number of nitrogens with zero attached hydrogens (tertiary/aromatic N) is 2.